The number of nitrogens with zero attached hydrogens (tertiary/aromatic N) is 1. The molecular weight excluding hydrogens is 421 g/mol. The summed E-state index contributed by atoms with van der Waals surface area (Å²) in [4.78, 5) is 28.7. The molecule has 0 atom stereocenters. The Morgan fingerprint density at radius 2 is 1.56 bits per heavy atom. The number of amides is 2. The second-order valence-electron chi connectivity index (χ2n) is 7.60. The fourth-order valence-corrected chi connectivity index (χ4v) is 4.58. The summed E-state index contributed by atoms with van der Waals surface area (Å²) in [6, 6.07) is 22.9. The van der Waals surface area contributed by atoms with Gasteiger partial charge in [-0.05, 0) is 65.9 Å². The third kappa shape index (κ3) is 3.47. The lowest BCUT2D eigenvalue weighted by molar-refractivity contribution is -0.112. The number of aryl methyl sites for hydroxylation is 1. The monoisotopic (exact) mass is 439 g/mol. The summed E-state index contributed by atoms with van der Waals surface area (Å²) >= 11 is 1.45. The molecule has 156 valence electrons. The van der Waals surface area contributed by atoms with Crippen LogP contribution in [0.25, 0.3) is 22.1 Å². The van der Waals surface area contributed by atoms with Gasteiger partial charge in [0.1, 0.15) is 5.82 Å². The highest BCUT2D eigenvalue weighted by Gasteiger charge is 2.35. The van der Waals surface area contributed by atoms with Crippen molar-refractivity contribution in [1.29, 1.82) is 0 Å². The minimum atomic E-state index is -0.403. The zero-order valence-electron chi connectivity index (χ0n) is 17.2. The number of hydrogen-bond acceptors (Lipinski definition) is 3. The van der Waals surface area contributed by atoms with Gasteiger partial charge in [0.05, 0.1) is 5.69 Å². The zero-order chi connectivity index (χ0) is 22.2. The normalized spacial score (nSPS) is 14.7. The Labute approximate surface area is 189 Å². The number of carbonyl (C=O) groups excluding carboxylic acids is 2. The molecule has 1 aliphatic rings. The maximum absolute atomic E-state index is 14.5. The standard InChI is InChI=1S/C27H18FNO2S/c1-17-8-11-19(12-9-17)29-26(30)21-6-3-2-5-20(21)22(27(29)31)15-18-10-13-24(28)23(16-18)25-7-4-14-32-25/h2-16H,1H3/b22-15-. The number of thiophene rings is 1. The Hall–Kier alpha value is -3.83. The quantitative estimate of drug-likeness (QED) is 0.267. The van der Waals surface area contributed by atoms with Crippen LogP contribution >= 0.6 is 11.3 Å². The van der Waals surface area contributed by atoms with Crippen LogP contribution in [0.2, 0.25) is 0 Å². The lowest BCUT2D eigenvalue weighted by Crippen LogP contribution is -2.41. The van der Waals surface area contributed by atoms with Gasteiger partial charge in [-0.1, -0.05) is 48.0 Å². The van der Waals surface area contributed by atoms with Crippen LogP contribution in [0, 0.1) is 12.7 Å². The Kier molecular flexibility index (Phi) is 5.04. The third-order valence-electron chi connectivity index (χ3n) is 5.46. The number of carbonyl (C=O) groups is 2. The molecular formula is C27H18FNO2S. The van der Waals surface area contributed by atoms with Gasteiger partial charge in [0.25, 0.3) is 11.8 Å². The molecule has 0 bridgehead atoms. The van der Waals surface area contributed by atoms with Crippen molar-refractivity contribution >= 4 is 40.5 Å². The summed E-state index contributed by atoms with van der Waals surface area (Å²) in [6.07, 6.45) is 1.73. The smallest absolute Gasteiger partial charge is 0.265 e. The number of hydrogen-bond donors (Lipinski definition) is 0. The number of halogens is 1. The third-order valence-corrected chi connectivity index (χ3v) is 6.37. The van der Waals surface area contributed by atoms with Crippen LogP contribution < -0.4 is 4.90 Å². The van der Waals surface area contributed by atoms with Gasteiger partial charge < -0.3 is 0 Å². The summed E-state index contributed by atoms with van der Waals surface area (Å²) in [6.45, 7) is 1.95. The first kappa shape index (κ1) is 20.1. The number of fused-ring (bicyclic) bond motifs is 1. The van der Waals surface area contributed by atoms with E-state index < -0.39 is 5.91 Å². The molecule has 5 rings (SSSR count). The molecule has 32 heavy (non-hydrogen) atoms. The van der Waals surface area contributed by atoms with Gasteiger partial charge in [-0.25, -0.2) is 9.29 Å². The molecule has 2 amide bonds. The van der Waals surface area contributed by atoms with Crippen molar-refractivity contribution in [3.05, 3.63) is 112 Å². The molecule has 5 heteroatoms. The zero-order valence-corrected chi connectivity index (χ0v) is 18.0. The fourth-order valence-electron chi connectivity index (χ4n) is 3.84. The van der Waals surface area contributed by atoms with Crippen LogP contribution in [0.1, 0.15) is 27.0 Å². The molecule has 1 aromatic heterocycles. The predicted octanol–water partition coefficient (Wildman–Crippen LogP) is 6.59. The van der Waals surface area contributed by atoms with Crippen LogP contribution in [0.4, 0.5) is 10.1 Å². The topological polar surface area (TPSA) is 37.4 Å². The molecule has 0 fully saturated rings. The van der Waals surface area contributed by atoms with E-state index in [1.807, 2.05) is 36.6 Å². The van der Waals surface area contributed by atoms with Gasteiger partial charge in [0.2, 0.25) is 0 Å². The van der Waals surface area contributed by atoms with Gasteiger partial charge in [-0.15, -0.1) is 11.3 Å². The van der Waals surface area contributed by atoms with Crippen molar-refractivity contribution in [2.24, 2.45) is 0 Å². The van der Waals surface area contributed by atoms with E-state index in [9.17, 15) is 14.0 Å². The molecule has 4 aromatic rings. The summed E-state index contributed by atoms with van der Waals surface area (Å²) in [7, 11) is 0. The van der Waals surface area contributed by atoms with Crippen molar-refractivity contribution in [3.63, 3.8) is 0 Å². The molecule has 1 aliphatic heterocycles. The van der Waals surface area contributed by atoms with E-state index in [0.717, 1.165) is 10.4 Å². The Balaban J connectivity index is 1.66. The lowest BCUT2D eigenvalue weighted by atomic mass is 9.91. The Bertz CT molecular complexity index is 1370. The molecule has 0 N–H and O–H groups in total. The minimum absolute atomic E-state index is 0.318. The number of benzene rings is 3. The number of anilines is 1. The van der Waals surface area contributed by atoms with Gasteiger partial charge in [0.15, 0.2) is 0 Å². The Morgan fingerprint density at radius 1 is 0.812 bits per heavy atom. The minimum Gasteiger partial charge on any atom is -0.268 e. The first-order valence-corrected chi connectivity index (χ1v) is 11.0. The van der Waals surface area contributed by atoms with E-state index in [-0.39, 0.29) is 11.7 Å². The molecule has 0 spiro atoms. The molecule has 0 saturated heterocycles. The van der Waals surface area contributed by atoms with Crippen molar-refractivity contribution in [2.45, 2.75) is 6.92 Å². The molecule has 0 unspecified atom stereocenters. The van der Waals surface area contributed by atoms with Crippen molar-refractivity contribution in [3.8, 4) is 10.4 Å². The number of rotatable bonds is 3. The van der Waals surface area contributed by atoms with Crippen LogP contribution in [0.3, 0.4) is 0 Å². The number of imide groups is 1. The first-order chi connectivity index (χ1) is 15.5. The molecule has 3 nitrogen and oxygen atoms in total. The highest BCUT2D eigenvalue weighted by atomic mass is 32.1. The second-order valence-corrected chi connectivity index (χ2v) is 8.55. The van der Waals surface area contributed by atoms with E-state index in [0.29, 0.717) is 33.5 Å². The highest BCUT2D eigenvalue weighted by Crippen LogP contribution is 2.35. The van der Waals surface area contributed by atoms with Crippen LogP contribution in [-0.2, 0) is 4.79 Å². The van der Waals surface area contributed by atoms with Gasteiger partial charge in [0, 0.05) is 21.6 Å². The van der Waals surface area contributed by atoms with Crippen molar-refractivity contribution < 1.29 is 14.0 Å². The maximum atomic E-state index is 14.5. The van der Waals surface area contributed by atoms with E-state index in [4.69, 9.17) is 0 Å². The second kappa shape index (κ2) is 8.02. The van der Waals surface area contributed by atoms with Gasteiger partial charge in [-0.3, -0.25) is 9.59 Å². The van der Waals surface area contributed by atoms with E-state index in [1.54, 1.807) is 54.6 Å². The maximum Gasteiger partial charge on any atom is 0.265 e. The van der Waals surface area contributed by atoms with E-state index in [1.165, 1.54) is 22.3 Å². The average Bonchev–Trinajstić information content (AvgIpc) is 3.34. The highest BCUT2D eigenvalue weighted by molar-refractivity contribution is 7.13. The van der Waals surface area contributed by atoms with Crippen molar-refractivity contribution in [2.75, 3.05) is 4.90 Å². The predicted molar refractivity (Wildman–Crippen MR) is 127 cm³/mol. The summed E-state index contributed by atoms with van der Waals surface area (Å²) < 4.78 is 14.5. The molecule has 2 heterocycles. The largest absolute Gasteiger partial charge is 0.268 e. The van der Waals surface area contributed by atoms with Crippen molar-refractivity contribution in [1.82, 2.24) is 0 Å². The molecule has 0 radical (unpaired) electrons. The molecule has 0 aliphatic carbocycles. The molecule has 0 saturated carbocycles. The Morgan fingerprint density at radius 3 is 2.28 bits per heavy atom. The van der Waals surface area contributed by atoms with Gasteiger partial charge in [-0.2, -0.15) is 0 Å². The summed E-state index contributed by atoms with van der Waals surface area (Å²) in [5.41, 5.74) is 4.15. The first-order valence-electron chi connectivity index (χ1n) is 10.1. The summed E-state index contributed by atoms with van der Waals surface area (Å²) in [5, 5.41) is 1.89. The van der Waals surface area contributed by atoms with E-state index in [2.05, 4.69) is 0 Å². The SMILES string of the molecule is Cc1ccc(N2C(=O)/C(=C\c3ccc(F)c(-c4cccs4)c3)c3ccccc3C2=O)cc1. The fraction of sp³-hybridized carbons (Fsp3) is 0.0370. The van der Waals surface area contributed by atoms with Crippen LogP contribution in [0.15, 0.2) is 84.2 Å². The van der Waals surface area contributed by atoms with Crippen LogP contribution in [-0.4, -0.2) is 11.8 Å². The van der Waals surface area contributed by atoms with Gasteiger partial charge >= 0.3 is 0 Å². The van der Waals surface area contributed by atoms with E-state index >= 15 is 0 Å². The summed E-state index contributed by atoms with van der Waals surface area (Å²) in [5.74, 6) is -1.08. The van der Waals surface area contributed by atoms with Crippen LogP contribution in [0.5, 0.6) is 0 Å². The average molecular weight is 440 g/mol. The lowest BCUT2D eigenvalue weighted by Gasteiger charge is -2.28. The molecule has 3 aromatic carbocycles.